The molecule has 0 unspecified atom stereocenters. The molecule has 1 fully saturated rings. The SMILES string of the molecule is CCc1ccc(S(=O)(=O)NCC2CCN(Cc3ccco3)CC2)s1. The Hall–Kier alpha value is -1.15. The van der Waals surface area contributed by atoms with E-state index in [1.165, 1.54) is 11.3 Å². The van der Waals surface area contributed by atoms with Gasteiger partial charge in [0.05, 0.1) is 12.8 Å². The molecule has 1 aliphatic rings. The lowest BCUT2D eigenvalue weighted by atomic mass is 9.97. The van der Waals surface area contributed by atoms with Gasteiger partial charge >= 0.3 is 0 Å². The molecule has 1 saturated heterocycles. The minimum absolute atomic E-state index is 0.401. The summed E-state index contributed by atoms with van der Waals surface area (Å²) in [6, 6.07) is 7.50. The van der Waals surface area contributed by atoms with Gasteiger partial charge in [0.25, 0.3) is 0 Å². The number of piperidine rings is 1. The van der Waals surface area contributed by atoms with Crippen molar-refractivity contribution >= 4 is 21.4 Å². The number of furan rings is 1. The first kappa shape index (κ1) is 17.7. The molecule has 3 rings (SSSR count). The summed E-state index contributed by atoms with van der Waals surface area (Å²) in [5, 5.41) is 0. The topological polar surface area (TPSA) is 62.6 Å². The number of nitrogens with zero attached hydrogens (tertiary/aromatic N) is 1. The smallest absolute Gasteiger partial charge is 0.250 e. The van der Waals surface area contributed by atoms with E-state index in [-0.39, 0.29) is 0 Å². The molecule has 7 heteroatoms. The Labute approximate surface area is 147 Å². The van der Waals surface area contributed by atoms with E-state index in [2.05, 4.69) is 9.62 Å². The van der Waals surface area contributed by atoms with Crippen molar-refractivity contribution in [3.63, 3.8) is 0 Å². The average Bonchev–Trinajstić information content (AvgIpc) is 3.26. The molecular weight excluding hydrogens is 344 g/mol. The van der Waals surface area contributed by atoms with Gasteiger partial charge in [-0.15, -0.1) is 11.3 Å². The Bertz CT molecular complexity index is 730. The Kier molecular flexibility index (Phi) is 5.76. The highest BCUT2D eigenvalue weighted by molar-refractivity contribution is 7.91. The second-order valence-corrected chi connectivity index (χ2v) is 9.39. The Morgan fingerprint density at radius 2 is 2.08 bits per heavy atom. The van der Waals surface area contributed by atoms with Gasteiger partial charge in [0.15, 0.2) is 0 Å². The molecule has 0 atom stereocenters. The summed E-state index contributed by atoms with van der Waals surface area (Å²) < 4.78 is 33.3. The number of hydrogen-bond donors (Lipinski definition) is 1. The molecule has 1 N–H and O–H groups in total. The molecular formula is C17H24N2O3S2. The molecule has 5 nitrogen and oxygen atoms in total. The van der Waals surface area contributed by atoms with E-state index in [0.717, 1.165) is 49.5 Å². The number of sulfonamides is 1. The van der Waals surface area contributed by atoms with E-state index in [1.54, 1.807) is 12.3 Å². The zero-order chi connectivity index (χ0) is 17.0. The molecule has 3 heterocycles. The van der Waals surface area contributed by atoms with Crippen molar-refractivity contribution in [1.82, 2.24) is 9.62 Å². The number of hydrogen-bond acceptors (Lipinski definition) is 5. The summed E-state index contributed by atoms with van der Waals surface area (Å²) in [6.07, 6.45) is 4.58. The van der Waals surface area contributed by atoms with E-state index in [9.17, 15) is 8.42 Å². The third kappa shape index (κ3) is 4.47. The van der Waals surface area contributed by atoms with Gasteiger partial charge in [-0.3, -0.25) is 4.90 Å². The number of likely N-dealkylation sites (tertiary alicyclic amines) is 1. The fraction of sp³-hybridized carbons (Fsp3) is 0.529. The van der Waals surface area contributed by atoms with Crippen LogP contribution in [0.15, 0.2) is 39.2 Å². The summed E-state index contributed by atoms with van der Waals surface area (Å²) in [4.78, 5) is 3.46. The zero-order valence-corrected chi connectivity index (χ0v) is 15.5. The molecule has 0 amide bonds. The van der Waals surface area contributed by atoms with Crippen molar-refractivity contribution in [1.29, 1.82) is 0 Å². The molecule has 24 heavy (non-hydrogen) atoms. The zero-order valence-electron chi connectivity index (χ0n) is 13.9. The van der Waals surface area contributed by atoms with Crippen LogP contribution in [0.5, 0.6) is 0 Å². The van der Waals surface area contributed by atoms with Crippen molar-refractivity contribution in [3.8, 4) is 0 Å². The van der Waals surface area contributed by atoms with Crippen LogP contribution in [0.1, 0.15) is 30.4 Å². The second-order valence-electron chi connectivity index (χ2n) is 6.23. The van der Waals surface area contributed by atoms with Gasteiger partial charge in [-0.1, -0.05) is 6.92 Å². The molecule has 2 aromatic heterocycles. The number of aryl methyl sites for hydroxylation is 1. The third-order valence-corrected chi connectivity index (χ3v) is 7.62. The van der Waals surface area contributed by atoms with Gasteiger partial charge in [0.1, 0.15) is 9.97 Å². The van der Waals surface area contributed by atoms with Crippen LogP contribution in [-0.4, -0.2) is 33.0 Å². The Morgan fingerprint density at radius 3 is 2.71 bits per heavy atom. The van der Waals surface area contributed by atoms with E-state index in [4.69, 9.17) is 4.42 Å². The van der Waals surface area contributed by atoms with E-state index in [0.29, 0.717) is 16.7 Å². The monoisotopic (exact) mass is 368 g/mol. The first-order valence-electron chi connectivity index (χ1n) is 8.40. The molecule has 0 saturated carbocycles. The van der Waals surface area contributed by atoms with Crippen molar-refractivity contribution in [2.75, 3.05) is 19.6 Å². The second kappa shape index (κ2) is 7.82. The molecule has 1 aliphatic heterocycles. The highest BCUT2D eigenvalue weighted by Gasteiger charge is 2.23. The maximum absolute atomic E-state index is 12.4. The van der Waals surface area contributed by atoms with Crippen LogP contribution in [-0.2, 0) is 23.0 Å². The van der Waals surface area contributed by atoms with Crippen LogP contribution in [0.2, 0.25) is 0 Å². The van der Waals surface area contributed by atoms with Gasteiger partial charge < -0.3 is 4.42 Å². The van der Waals surface area contributed by atoms with Crippen LogP contribution in [0.25, 0.3) is 0 Å². The lowest BCUT2D eigenvalue weighted by molar-refractivity contribution is 0.168. The minimum atomic E-state index is -3.36. The van der Waals surface area contributed by atoms with Crippen molar-refractivity contribution < 1.29 is 12.8 Å². The molecule has 132 valence electrons. The number of thiophene rings is 1. The molecule has 2 aromatic rings. The Morgan fingerprint density at radius 1 is 1.29 bits per heavy atom. The highest BCUT2D eigenvalue weighted by Crippen LogP contribution is 2.23. The normalized spacial score (nSPS) is 17.4. The van der Waals surface area contributed by atoms with Gasteiger partial charge in [0.2, 0.25) is 10.0 Å². The largest absolute Gasteiger partial charge is 0.468 e. The van der Waals surface area contributed by atoms with Crippen LogP contribution >= 0.6 is 11.3 Å². The van der Waals surface area contributed by atoms with Crippen molar-refractivity contribution in [2.24, 2.45) is 5.92 Å². The predicted octanol–water partition coefficient (Wildman–Crippen LogP) is 3.09. The summed E-state index contributed by atoms with van der Waals surface area (Å²) >= 11 is 1.36. The first-order chi connectivity index (χ1) is 11.6. The van der Waals surface area contributed by atoms with Crippen LogP contribution < -0.4 is 4.72 Å². The molecule has 0 spiro atoms. The molecule has 0 radical (unpaired) electrons. The van der Waals surface area contributed by atoms with Crippen molar-refractivity contribution in [3.05, 3.63) is 41.2 Å². The van der Waals surface area contributed by atoms with Gasteiger partial charge in [-0.05, 0) is 62.5 Å². The van der Waals surface area contributed by atoms with Gasteiger partial charge in [-0.2, -0.15) is 0 Å². The molecule has 0 bridgehead atoms. The first-order valence-corrected chi connectivity index (χ1v) is 10.7. The summed E-state index contributed by atoms with van der Waals surface area (Å²) in [5.74, 6) is 1.39. The highest BCUT2D eigenvalue weighted by atomic mass is 32.2. The predicted molar refractivity (Wildman–Crippen MR) is 95.6 cm³/mol. The van der Waals surface area contributed by atoms with E-state index < -0.39 is 10.0 Å². The maximum atomic E-state index is 12.4. The quantitative estimate of drug-likeness (QED) is 0.816. The minimum Gasteiger partial charge on any atom is -0.468 e. The van der Waals surface area contributed by atoms with Crippen LogP contribution in [0.4, 0.5) is 0 Å². The average molecular weight is 369 g/mol. The fourth-order valence-electron chi connectivity index (χ4n) is 2.96. The number of nitrogens with one attached hydrogen (secondary N) is 1. The molecule has 0 aliphatic carbocycles. The lowest BCUT2D eigenvalue weighted by Crippen LogP contribution is -2.38. The van der Waals surface area contributed by atoms with Gasteiger partial charge in [0, 0.05) is 11.4 Å². The standard InChI is InChI=1S/C17H24N2O3S2/c1-2-16-5-6-17(23-16)24(20,21)18-12-14-7-9-19(10-8-14)13-15-4-3-11-22-15/h3-6,11,14,18H,2,7-10,12-13H2,1H3. The van der Waals surface area contributed by atoms with Crippen LogP contribution in [0.3, 0.4) is 0 Å². The van der Waals surface area contributed by atoms with Crippen molar-refractivity contribution in [2.45, 2.75) is 36.9 Å². The summed E-state index contributed by atoms with van der Waals surface area (Å²) in [5.41, 5.74) is 0. The van der Waals surface area contributed by atoms with E-state index >= 15 is 0 Å². The lowest BCUT2D eigenvalue weighted by Gasteiger charge is -2.31. The third-order valence-electron chi connectivity index (χ3n) is 4.48. The summed E-state index contributed by atoms with van der Waals surface area (Å²) in [7, 11) is -3.36. The maximum Gasteiger partial charge on any atom is 0.250 e. The summed E-state index contributed by atoms with van der Waals surface area (Å²) in [6.45, 7) is 5.35. The Balaban J connectivity index is 1.46. The van der Waals surface area contributed by atoms with E-state index in [1.807, 2.05) is 25.1 Å². The number of rotatable bonds is 7. The van der Waals surface area contributed by atoms with Gasteiger partial charge in [-0.25, -0.2) is 13.1 Å². The van der Waals surface area contributed by atoms with Crippen LogP contribution in [0, 0.1) is 5.92 Å². The fourth-order valence-corrected chi connectivity index (χ4v) is 5.42. The molecule has 0 aromatic carbocycles.